The van der Waals surface area contributed by atoms with Gasteiger partial charge in [0, 0.05) is 51.4 Å². The van der Waals surface area contributed by atoms with Crippen LogP contribution in [0.2, 0.25) is 0 Å². The van der Waals surface area contributed by atoms with E-state index in [0.717, 1.165) is 37.9 Å². The lowest BCUT2D eigenvalue weighted by Gasteiger charge is -2.40. The molecule has 0 unspecified atom stereocenters. The average molecular weight is 488 g/mol. The molecule has 2 aliphatic heterocycles. The van der Waals surface area contributed by atoms with Gasteiger partial charge in [-0.2, -0.15) is 5.26 Å². The van der Waals surface area contributed by atoms with Crippen molar-refractivity contribution in [2.24, 2.45) is 0 Å². The van der Waals surface area contributed by atoms with Crippen LogP contribution >= 0.6 is 0 Å². The Morgan fingerprint density at radius 2 is 1.94 bits per heavy atom. The highest BCUT2D eigenvalue weighted by molar-refractivity contribution is 5.81. The predicted molar refractivity (Wildman–Crippen MR) is 138 cm³/mol. The Morgan fingerprint density at radius 3 is 2.72 bits per heavy atom. The van der Waals surface area contributed by atoms with Crippen LogP contribution in [0.25, 0.3) is 5.57 Å². The summed E-state index contributed by atoms with van der Waals surface area (Å²) in [5.74, 6) is 1.67. The van der Waals surface area contributed by atoms with Crippen molar-refractivity contribution in [3.63, 3.8) is 0 Å². The molecule has 3 heterocycles. The molecule has 1 aromatic carbocycles. The van der Waals surface area contributed by atoms with Crippen LogP contribution in [0, 0.1) is 11.3 Å². The molecule has 1 saturated heterocycles. The maximum atomic E-state index is 12.7. The summed E-state index contributed by atoms with van der Waals surface area (Å²) in [4.78, 5) is 26.0. The van der Waals surface area contributed by atoms with Crippen LogP contribution in [0.15, 0.2) is 42.4 Å². The van der Waals surface area contributed by atoms with Gasteiger partial charge in [-0.25, -0.2) is 9.97 Å². The fourth-order valence-electron chi connectivity index (χ4n) is 5.22. The van der Waals surface area contributed by atoms with Gasteiger partial charge >= 0.3 is 0 Å². The van der Waals surface area contributed by atoms with Gasteiger partial charge in [-0.3, -0.25) is 9.69 Å². The molecule has 9 nitrogen and oxygen atoms in total. The number of benzene rings is 1. The van der Waals surface area contributed by atoms with Crippen LogP contribution in [0.5, 0.6) is 5.75 Å². The summed E-state index contributed by atoms with van der Waals surface area (Å²) < 4.78 is 5.80. The Morgan fingerprint density at radius 1 is 1.14 bits per heavy atom. The maximum absolute atomic E-state index is 12.7. The van der Waals surface area contributed by atoms with Crippen LogP contribution in [0.4, 0.5) is 11.6 Å². The Balaban J connectivity index is 1.08. The highest BCUT2D eigenvalue weighted by Gasteiger charge is 2.27. The van der Waals surface area contributed by atoms with Gasteiger partial charge in [0.2, 0.25) is 17.7 Å². The number of nitriles is 1. The number of piperazine rings is 1. The number of para-hydroxylation sites is 2. The van der Waals surface area contributed by atoms with Crippen LogP contribution in [0.1, 0.15) is 50.6 Å². The zero-order chi connectivity index (χ0) is 24.7. The van der Waals surface area contributed by atoms with E-state index in [-0.39, 0.29) is 5.91 Å². The first-order chi connectivity index (χ1) is 17.7. The summed E-state index contributed by atoms with van der Waals surface area (Å²) in [6.45, 7) is 4.24. The normalized spacial score (nSPS) is 19.6. The molecule has 0 spiro atoms. The van der Waals surface area contributed by atoms with E-state index >= 15 is 0 Å². The smallest absolute Gasteiger partial charge is 0.223 e. The number of allylic oxidation sites excluding steroid dienone is 1. The highest BCUT2D eigenvalue weighted by Crippen LogP contribution is 2.35. The number of nitrogens with one attached hydrogen (secondary N) is 2. The quantitative estimate of drug-likeness (QED) is 0.448. The summed E-state index contributed by atoms with van der Waals surface area (Å²) in [5, 5.41) is 16.1. The number of amides is 1. The first kappa shape index (κ1) is 24.1. The Labute approximate surface area is 212 Å². The zero-order valence-corrected chi connectivity index (χ0v) is 20.6. The third-order valence-electron chi connectivity index (χ3n) is 7.21. The zero-order valence-electron chi connectivity index (χ0n) is 20.6. The molecule has 1 amide bonds. The number of ether oxygens (including phenoxy) is 1. The summed E-state index contributed by atoms with van der Waals surface area (Å²) in [6.07, 6.45) is 9.49. The van der Waals surface area contributed by atoms with E-state index < -0.39 is 0 Å². The molecule has 2 N–H and O–H groups in total. The molecule has 9 heteroatoms. The monoisotopic (exact) mass is 487 g/mol. The van der Waals surface area contributed by atoms with Gasteiger partial charge in [0.15, 0.2) is 5.75 Å². The minimum Gasteiger partial charge on any atom is -0.437 e. The van der Waals surface area contributed by atoms with Crippen LogP contribution in [0.3, 0.4) is 0 Å². The van der Waals surface area contributed by atoms with Gasteiger partial charge in [-0.1, -0.05) is 31.4 Å². The number of hydrogen-bond donors (Lipinski definition) is 2. The molecule has 5 rings (SSSR count). The molecular weight excluding hydrogens is 454 g/mol. The van der Waals surface area contributed by atoms with Crippen molar-refractivity contribution < 1.29 is 9.53 Å². The second-order valence-electron chi connectivity index (χ2n) is 9.54. The van der Waals surface area contributed by atoms with Crippen molar-refractivity contribution in [3.05, 3.63) is 48.1 Å². The van der Waals surface area contributed by atoms with Crippen LogP contribution in [-0.4, -0.2) is 64.4 Å². The molecule has 36 heavy (non-hydrogen) atoms. The second-order valence-corrected chi connectivity index (χ2v) is 9.54. The number of anilines is 2. The summed E-state index contributed by atoms with van der Waals surface area (Å²) >= 11 is 0. The third-order valence-corrected chi connectivity index (χ3v) is 7.21. The van der Waals surface area contributed by atoms with E-state index in [4.69, 9.17) is 4.74 Å². The predicted octanol–water partition coefficient (Wildman–Crippen LogP) is 3.84. The van der Waals surface area contributed by atoms with Crippen molar-refractivity contribution in [1.82, 2.24) is 19.8 Å². The number of fused-ring (bicyclic) bond motifs is 1. The maximum Gasteiger partial charge on any atom is 0.223 e. The number of rotatable bonds is 7. The largest absolute Gasteiger partial charge is 0.437 e. The minimum absolute atomic E-state index is 0.218. The average Bonchev–Trinajstić information content (AvgIpc) is 3.36. The molecule has 0 atom stereocenters. The van der Waals surface area contributed by atoms with Gasteiger partial charge in [0.1, 0.15) is 11.6 Å². The summed E-state index contributed by atoms with van der Waals surface area (Å²) in [7, 11) is 0. The first-order valence-corrected chi connectivity index (χ1v) is 13.0. The number of carbonyl (C=O) groups is 1. The lowest BCUT2D eigenvalue weighted by atomic mass is 9.94. The second kappa shape index (κ2) is 11.4. The van der Waals surface area contributed by atoms with Crippen molar-refractivity contribution in [1.29, 1.82) is 5.26 Å². The fourth-order valence-corrected chi connectivity index (χ4v) is 5.22. The summed E-state index contributed by atoms with van der Waals surface area (Å²) in [5.41, 5.74) is 1.59. The lowest BCUT2D eigenvalue weighted by Crippen LogP contribution is -2.52. The van der Waals surface area contributed by atoms with E-state index in [2.05, 4.69) is 31.6 Å². The molecule has 2 fully saturated rings. The lowest BCUT2D eigenvalue weighted by molar-refractivity contribution is -0.133. The number of carbonyl (C=O) groups excluding carboxylic acids is 1. The van der Waals surface area contributed by atoms with Gasteiger partial charge in [0.25, 0.3) is 0 Å². The minimum atomic E-state index is 0.218. The number of aromatic nitrogens is 2. The highest BCUT2D eigenvalue weighted by atomic mass is 16.5. The van der Waals surface area contributed by atoms with E-state index in [9.17, 15) is 10.1 Å². The van der Waals surface area contributed by atoms with Crippen LogP contribution in [-0.2, 0) is 4.79 Å². The molecule has 2 aromatic rings. The van der Waals surface area contributed by atoms with Gasteiger partial charge in [0.05, 0.1) is 11.4 Å². The Bertz CT molecular complexity index is 1120. The first-order valence-electron chi connectivity index (χ1n) is 13.0. The van der Waals surface area contributed by atoms with E-state index in [1.165, 1.54) is 32.1 Å². The van der Waals surface area contributed by atoms with Gasteiger partial charge in [-0.05, 0) is 37.5 Å². The molecular formula is C27H33N7O2. The Kier molecular flexibility index (Phi) is 7.62. The number of hydrogen-bond acceptors (Lipinski definition) is 8. The fraction of sp³-hybridized carbons (Fsp3) is 0.481. The molecule has 1 saturated carbocycles. The van der Waals surface area contributed by atoms with Gasteiger partial charge in [-0.15, -0.1) is 0 Å². The Hall–Kier alpha value is -3.64. The van der Waals surface area contributed by atoms with Crippen molar-refractivity contribution in [2.75, 3.05) is 43.4 Å². The molecule has 1 aliphatic carbocycles. The summed E-state index contributed by atoms with van der Waals surface area (Å²) in [6, 6.07) is 12.1. The van der Waals surface area contributed by atoms with Crippen molar-refractivity contribution in [3.8, 4) is 11.8 Å². The molecule has 3 aliphatic rings. The van der Waals surface area contributed by atoms with Crippen molar-refractivity contribution in [2.45, 2.75) is 51.0 Å². The van der Waals surface area contributed by atoms with E-state index in [1.54, 1.807) is 12.3 Å². The van der Waals surface area contributed by atoms with Gasteiger partial charge < -0.3 is 20.3 Å². The SMILES string of the molecule is N#C/C(=C1\Nc2ccccc2O1)c1ccnc(NCCCC(=O)N2CCN(C3CCCCC3)CC2)n1. The number of nitrogens with zero attached hydrogens (tertiary/aromatic N) is 5. The van der Waals surface area contributed by atoms with E-state index in [1.807, 2.05) is 29.2 Å². The molecule has 1 aromatic heterocycles. The van der Waals surface area contributed by atoms with Crippen molar-refractivity contribution >= 4 is 23.1 Å². The van der Waals surface area contributed by atoms with Crippen LogP contribution < -0.4 is 15.4 Å². The standard InChI is InChI=1S/C27H33N7O2/c28-19-21(26-31-23-9-4-5-10-24(23)36-26)22-12-14-30-27(32-22)29-13-6-11-25(35)34-17-15-33(16-18-34)20-7-2-1-3-8-20/h4-5,9-10,12,14,20,31H,1-3,6-8,11,13,15-18H2,(H,29,30,32)/b26-21-. The molecule has 0 bridgehead atoms. The third kappa shape index (κ3) is 5.60. The molecule has 188 valence electrons. The topological polar surface area (TPSA) is 106 Å². The van der Waals surface area contributed by atoms with E-state index in [0.29, 0.717) is 48.2 Å². The molecule has 0 radical (unpaired) electrons.